The van der Waals surface area contributed by atoms with Crippen molar-refractivity contribution in [2.45, 2.75) is 13.8 Å². The van der Waals surface area contributed by atoms with Gasteiger partial charge in [-0.25, -0.2) is 0 Å². The molecule has 2 aromatic rings. The predicted molar refractivity (Wildman–Crippen MR) is 115 cm³/mol. The van der Waals surface area contributed by atoms with Gasteiger partial charge in [0.05, 0.1) is 18.1 Å². The molecule has 1 aliphatic heterocycles. The van der Waals surface area contributed by atoms with Crippen LogP contribution in [0, 0.1) is 0 Å². The van der Waals surface area contributed by atoms with Gasteiger partial charge in [-0.1, -0.05) is 56.1 Å². The molecule has 0 aromatic heterocycles. The number of rotatable bonds is 4. The molecule has 1 aliphatic rings. The molecule has 24 heavy (non-hydrogen) atoms. The van der Waals surface area contributed by atoms with Crippen molar-refractivity contribution in [1.82, 2.24) is 9.80 Å². The summed E-state index contributed by atoms with van der Waals surface area (Å²) in [5.74, 6) is 0. The number of hydrogen-bond donors (Lipinski definition) is 0. The highest BCUT2D eigenvalue weighted by atomic mass is 79.9. The highest BCUT2D eigenvalue weighted by Gasteiger charge is 2.28. The van der Waals surface area contributed by atoms with Crippen LogP contribution in [0.15, 0.2) is 57.5 Å². The Morgan fingerprint density at radius 1 is 0.708 bits per heavy atom. The van der Waals surface area contributed by atoms with E-state index in [1.165, 1.54) is 22.5 Å². The van der Waals surface area contributed by atoms with Crippen molar-refractivity contribution in [3.63, 3.8) is 0 Å². The maximum Gasteiger partial charge on any atom is 0.0904 e. The van der Waals surface area contributed by atoms with E-state index in [4.69, 9.17) is 0 Å². The first kappa shape index (κ1) is 19.5. The van der Waals surface area contributed by atoms with E-state index in [0.29, 0.717) is 0 Å². The minimum Gasteiger partial charge on any atom is -0.352 e. The monoisotopic (exact) mass is 514 g/mol. The Labute approximate surface area is 171 Å². The Kier molecular flexibility index (Phi) is 6.96. The molecule has 5 heteroatoms. The van der Waals surface area contributed by atoms with Gasteiger partial charge in [-0.15, -0.1) is 17.0 Å². The van der Waals surface area contributed by atoms with Crippen LogP contribution in [-0.2, 0) is 0 Å². The maximum absolute atomic E-state index is 3.53. The van der Waals surface area contributed by atoms with Crippen molar-refractivity contribution in [3.8, 4) is 0 Å². The van der Waals surface area contributed by atoms with E-state index in [9.17, 15) is 0 Å². The zero-order valence-corrected chi connectivity index (χ0v) is 18.7. The van der Waals surface area contributed by atoms with Gasteiger partial charge in [-0.3, -0.25) is 0 Å². The molecule has 2 nitrogen and oxygen atoms in total. The van der Waals surface area contributed by atoms with Crippen LogP contribution in [0.25, 0.3) is 11.4 Å². The molecule has 0 N–H and O–H groups in total. The average molecular weight is 517 g/mol. The highest BCUT2D eigenvalue weighted by Crippen LogP contribution is 2.38. The van der Waals surface area contributed by atoms with Crippen molar-refractivity contribution in [1.29, 1.82) is 0 Å². The second-order valence-corrected chi connectivity index (χ2v) is 7.40. The zero-order chi connectivity index (χ0) is 16.4. The largest absolute Gasteiger partial charge is 0.352 e. The minimum absolute atomic E-state index is 0. The lowest BCUT2D eigenvalue weighted by atomic mass is 10.0. The summed E-state index contributed by atoms with van der Waals surface area (Å²) in [6, 6.07) is 17.2. The fourth-order valence-corrected chi connectivity index (χ4v) is 3.55. The van der Waals surface area contributed by atoms with E-state index >= 15 is 0 Å². The molecule has 0 saturated carbocycles. The summed E-state index contributed by atoms with van der Waals surface area (Å²) in [6.07, 6.45) is 0. The molecular weight excluding hydrogens is 496 g/mol. The first-order chi connectivity index (χ1) is 11.1. The van der Waals surface area contributed by atoms with E-state index < -0.39 is 0 Å². The SMILES string of the molecule is Br.CCN1CN(CC)C(c2ccc(Br)cc2)=C1c1ccc(Br)cc1. The molecule has 0 bridgehead atoms. The van der Waals surface area contributed by atoms with Crippen LogP contribution in [0.1, 0.15) is 25.0 Å². The third-order valence-corrected chi connectivity index (χ3v) is 5.25. The van der Waals surface area contributed by atoms with Crippen LogP contribution in [0.3, 0.4) is 0 Å². The van der Waals surface area contributed by atoms with Gasteiger partial charge in [-0.2, -0.15) is 0 Å². The number of nitrogens with zero attached hydrogens (tertiary/aromatic N) is 2. The first-order valence-corrected chi connectivity index (χ1v) is 9.48. The van der Waals surface area contributed by atoms with Crippen LogP contribution in [0.2, 0.25) is 0 Å². The van der Waals surface area contributed by atoms with Crippen molar-refractivity contribution in [2.75, 3.05) is 19.8 Å². The number of benzene rings is 2. The molecular formula is C19H21Br3N2. The second kappa shape index (κ2) is 8.54. The maximum atomic E-state index is 3.53. The summed E-state index contributed by atoms with van der Waals surface area (Å²) in [4.78, 5) is 4.90. The summed E-state index contributed by atoms with van der Waals surface area (Å²) in [6.45, 7) is 7.39. The van der Waals surface area contributed by atoms with E-state index in [2.05, 4.69) is 104 Å². The van der Waals surface area contributed by atoms with E-state index in [0.717, 1.165) is 28.7 Å². The Morgan fingerprint density at radius 2 is 1.04 bits per heavy atom. The zero-order valence-electron chi connectivity index (χ0n) is 13.8. The fraction of sp³-hybridized carbons (Fsp3) is 0.263. The molecule has 0 saturated heterocycles. The molecule has 0 unspecified atom stereocenters. The molecule has 0 fully saturated rings. The van der Waals surface area contributed by atoms with Gasteiger partial charge in [0.25, 0.3) is 0 Å². The third kappa shape index (κ3) is 3.89. The summed E-state index contributed by atoms with van der Waals surface area (Å²) in [5.41, 5.74) is 5.18. The summed E-state index contributed by atoms with van der Waals surface area (Å²) in [5, 5.41) is 0. The smallest absolute Gasteiger partial charge is 0.0904 e. The van der Waals surface area contributed by atoms with Gasteiger partial charge in [0.2, 0.25) is 0 Å². The molecule has 128 valence electrons. The van der Waals surface area contributed by atoms with Crippen LogP contribution in [0.4, 0.5) is 0 Å². The van der Waals surface area contributed by atoms with E-state index in [1.807, 2.05) is 0 Å². The molecule has 0 amide bonds. The molecule has 0 aliphatic carbocycles. The van der Waals surface area contributed by atoms with Crippen molar-refractivity contribution in [2.24, 2.45) is 0 Å². The van der Waals surface area contributed by atoms with Crippen molar-refractivity contribution >= 4 is 60.2 Å². The molecule has 2 aromatic carbocycles. The van der Waals surface area contributed by atoms with Crippen molar-refractivity contribution < 1.29 is 0 Å². The number of hydrogen-bond acceptors (Lipinski definition) is 2. The van der Waals surface area contributed by atoms with Crippen LogP contribution in [0.5, 0.6) is 0 Å². The topological polar surface area (TPSA) is 6.48 Å². The van der Waals surface area contributed by atoms with E-state index in [1.54, 1.807) is 0 Å². The molecule has 0 radical (unpaired) electrons. The summed E-state index contributed by atoms with van der Waals surface area (Å²) in [7, 11) is 0. The lowest BCUT2D eigenvalue weighted by molar-refractivity contribution is 0.297. The average Bonchev–Trinajstić information content (AvgIpc) is 2.95. The summed E-state index contributed by atoms with van der Waals surface area (Å²) < 4.78 is 2.22. The van der Waals surface area contributed by atoms with Gasteiger partial charge >= 0.3 is 0 Å². The van der Waals surface area contributed by atoms with Gasteiger partial charge in [0, 0.05) is 33.2 Å². The highest BCUT2D eigenvalue weighted by molar-refractivity contribution is 9.10. The standard InChI is InChI=1S/C19H20Br2N2.BrH/c1-3-22-13-23(4-2)19(15-7-11-17(21)12-8-15)18(22)14-5-9-16(20)10-6-14;/h5-12H,3-4,13H2,1-2H3;1H. The molecule has 3 rings (SSSR count). The van der Waals surface area contributed by atoms with Gasteiger partial charge < -0.3 is 9.80 Å². The fourth-order valence-electron chi connectivity index (χ4n) is 3.02. The Bertz CT molecular complexity index is 647. The molecule has 0 atom stereocenters. The van der Waals surface area contributed by atoms with Crippen LogP contribution < -0.4 is 0 Å². The predicted octanol–water partition coefficient (Wildman–Crippen LogP) is 6.23. The van der Waals surface area contributed by atoms with Gasteiger partial charge in [0.1, 0.15) is 0 Å². The quantitative estimate of drug-likeness (QED) is 0.475. The lowest BCUT2D eigenvalue weighted by Crippen LogP contribution is -2.27. The third-order valence-electron chi connectivity index (χ3n) is 4.20. The van der Waals surface area contributed by atoms with E-state index in [-0.39, 0.29) is 17.0 Å². The minimum atomic E-state index is 0. The number of halogens is 3. The van der Waals surface area contributed by atoms with Gasteiger partial charge in [-0.05, 0) is 38.1 Å². The Balaban J connectivity index is 0.00000208. The molecule has 0 spiro atoms. The van der Waals surface area contributed by atoms with Crippen LogP contribution in [-0.4, -0.2) is 29.6 Å². The Hall–Kier alpha value is -0.780. The molecule has 1 heterocycles. The summed E-state index contributed by atoms with van der Waals surface area (Å²) >= 11 is 7.07. The van der Waals surface area contributed by atoms with Crippen LogP contribution >= 0.6 is 48.8 Å². The Morgan fingerprint density at radius 3 is 1.33 bits per heavy atom. The normalized spacial score (nSPS) is 14.2. The second-order valence-electron chi connectivity index (χ2n) is 5.56. The van der Waals surface area contributed by atoms with Crippen molar-refractivity contribution in [3.05, 3.63) is 68.6 Å². The van der Waals surface area contributed by atoms with Gasteiger partial charge in [0.15, 0.2) is 0 Å². The first-order valence-electron chi connectivity index (χ1n) is 7.90. The lowest BCUT2D eigenvalue weighted by Gasteiger charge is -2.22.